The molecule has 1 amide bonds. The van der Waals surface area contributed by atoms with Crippen molar-refractivity contribution >= 4 is 56.5 Å². The second-order valence-electron chi connectivity index (χ2n) is 7.74. The third-order valence-corrected chi connectivity index (χ3v) is 7.46. The minimum atomic E-state index is -4.23. The van der Waals surface area contributed by atoms with E-state index in [1.807, 2.05) is 6.92 Å². The van der Waals surface area contributed by atoms with Gasteiger partial charge in [0.05, 0.1) is 43.2 Å². The van der Waals surface area contributed by atoms with Gasteiger partial charge >= 0.3 is 5.97 Å². The topological polar surface area (TPSA) is 111 Å². The minimum absolute atomic E-state index is 0.0211. The van der Waals surface area contributed by atoms with Crippen LogP contribution in [0.5, 0.6) is 11.5 Å². The molecule has 3 aromatic rings. The molecule has 0 aliphatic heterocycles. The van der Waals surface area contributed by atoms with E-state index in [0.717, 1.165) is 9.87 Å². The first kappa shape index (κ1) is 28.1. The number of nitrogens with zero attached hydrogens (tertiary/aromatic N) is 1. The van der Waals surface area contributed by atoms with Crippen molar-refractivity contribution in [3.8, 4) is 11.5 Å². The first-order chi connectivity index (χ1) is 17.5. The Hall–Kier alpha value is -3.47. The van der Waals surface area contributed by atoms with Crippen molar-refractivity contribution in [1.29, 1.82) is 0 Å². The van der Waals surface area contributed by atoms with Crippen LogP contribution in [0.15, 0.2) is 59.5 Å². The predicted molar refractivity (Wildman–Crippen MR) is 142 cm³/mol. The molecule has 0 radical (unpaired) electrons. The van der Waals surface area contributed by atoms with Crippen LogP contribution in [-0.4, -0.2) is 48.2 Å². The van der Waals surface area contributed by atoms with Crippen LogP contribution in [0.1, 0.15) is 15.9 Å². The Morgan fingerprint density at radius 1 is 0.892 bits per heavy atom. The number of ether oxygens (including phenoxy) is 3. The molecular weight excluding hydrogens is 543 g/mol. The normalized spacial score (nSPS) is 11.0. The monoisotopic (exact) mass is 566 g/mol. The van der Waals surface area contributed by atoms with Gasteiger partial charge in [-0.05, 0) is 37.3 Å². The van der Waals surface area contributed by atoms with Gasteiger partial charge in [0.2, 0.25) is 5.91 Å². The van der Waals surface area contributed by atoms with Crippen molar-refractivity contribution in [2.45, 2.75) is 11.8 Å². The fourth-order valence-corrected chi connectivity index (χ4v) is 5.34. The minimum Gasteiger partial charge on any atom is -0.493 e. The molecule has 0 atom stereocenters. The fraction of sp³-hybridized carbons (Fsp3) is 0.200. The number of methoxy groups -OCH3 is 3. The summed E-state index contributed by atoms with van der Waals surface area (Å²) in [7, 11) is -0.265. The molecule has 0 heterocycles. The summed E-state index contributed by atoms with van der Waals surface area (Å²) in [6.07, 6.45) is 0. The number of amides is 1. The van der Waals surface area contributed by atoms with Gasteiger partial charge in [0.1, 0.15) is 6.54 Å². The van der Waals surface area contributed by atoms with E-state index >= 15 is 0 Å². The average Bonchev–Trinajstić information content (AvgIpc) is 2.86. The number of hydrogen-bond donors (Lipinski definition) is 1. The van der Waals surface area contributed by atoms with Crippen LogP contribution >= 0.6 is 23.2 Å². The molecule has 9 nitrogen and oxygen atoms in total. The zero-order chi connectivity index (χ0) is 27.3. The molecule has 1 N–H and O–H groups in total. The lowest BCUT2D eigenvalue weighted by molar-refractivity contribution is -0.114. The zero-order valence-electron chi connectivity index (χ0n) is 20.4. The molecule has 0 spiro atoms. The van der Waals surface area contributed by atoms with Gasteiger partial charge in [-0.25, -0.2) is 13.2 Å². The molecule has 3 rings (SSSR count). The molecule has 0 fully saturated rings. The number of sulfonamides is 1. The van der Waals surface area contributed by atoms with Crippen molar-refractivity contribution in [3.63, 3.8) is 0 Å². The van der Waals surface area contributed by atoms with E-state index in [2.05, 4.69) is 5.32 Å². The van der Waals surface area contributed by atoms with Gasteiger partial charge in [-0.15, -0.1) is 0 Å². The van der Waals surface area contributed by atoms with Gasteiger partial charge in [0.15, 0.2) is 11.5 Å². The fourth-order valence-electron chi connectivity index (χ4n) is 3.42. The van der Waals surface area contributed by atoms with E-state index in [9.17, 15) is 18.0 Å². The summed E-state index contributed by atoms with van der Waals surface area (Å²) in [5, 5.41) is 2.93. The summed E-state index contributed by atoms with van der Waals surface area (Å²) in [6, 6.07) is 13.1. The molecular formula is C25H24Cl2N2O7S. The number of esters is 1. The second kappa shape index (κ2) is 11.7. The third-order valence-electron chi connectivity index (χ3n) is 5.23. The van der Waals surface area contributed by atoms with E-state index in [-0.39, 0.29) is 43.4 Å². The van der Waals surface area contributed by atoms with Crippen molar-refractivity contribution in [2.24, 2.45) is 0 Å². The first-order valence-corrected chi connectivity index (χ1v) is 12.9. The van der Waals surface area contributed by atoms with Gasteiger partial charge in [-0.1, -0.05) is 40.9 Å². The molecule has 196 valence electrons. The van der Waals surface area contributed by atoms with E-state index in [1.165, 1.54) is 63.8 Å². The van der Waals surface area contributed by atoms with Gasteiger partial charge in [-0.2, -0.15) is 0 Å². The molecule has 0 saturated carbocycles. The summed E-state index contributed by atoms with van der Waals surface area (Å²) in [6.45, 7) is 1.15. The Morgan fingerprint density at radius 3 is 2.00 bits per heavy atom. The van der Waals surface area contributed by atoms with Gasteiger partial charge < -0.3 is 19.5 Å². The number of carbonyl (C=O) groups excluding carboxylic acids is 2. The lowest BCUT2D eigenvalue weighted by Crippen LogP contribution is -2.38. The quantitative estimate of drug-likeness (QED) is 0.365. The van der Waals surface area contributed by atoms with Crippen molar-refractivity contribution in [3.05, 3.63) is 75.8 Å². The summed E-state index contributed by atoms with van der Waals surface area (Å²) < 4.78 is 43.4. The molecule has 3 aromatic carbocycles. The number of aryl methyl sites for hydroxylation is 1. The van der Waals surface area contributed by atoms with E-state index in [4.69, 9.17) is 37.4 Å². The number of halogens is 2. The summed E-state index contributed by atoms with van der Waals surface area (Å²) in [5.74, 6) is -1.04. The van der Waals surface area contributed by atoms with Crippen LogP contribution in [0, 0.1) is 6.92 Å². The molecule has 0 aromatic heterocycles. The Kier molecular flexibility index (Phi) is 8.90. The molecule has 0 aliphatic carbocycles. The van der Waals surface area contributed by atoms with Crippen molar-refractivity contribution in [2.75, 3.05) is 37.5 Å². The van der Waals surface area contributed by atoms with E-state index in [0.29, 0.717) is 0 Å². The van der Waals surface area contributed by atoms with Crippen molar-refractivity contribution in [1.82, 2.24) is 0 Å². The van der Waals surface area contributed by atoms with Gasteiger partial charge in [0.25, 0.3) is 10.0 Å². The number of anilines is 2. The van der Waals surface area contributed by atoms with Gasteiger partial charge in [0, 0.05) is 22.2 Å². The number of rotatable bonds is 9. The second-order valence-corrected chi connectivity index (χ2v) is 10.5. The maximum atomic E-state index is 13.6. The zero-order valence-corrected chi connectivity index (χ0v) is 22.7. The predicted octanol–water partition coefficient (Wildman–Crippen LogP) is 4.94. The Bertz CT molecular complexity index is 1410. The van der Waals surface area contributed by atoms with Crippen molar-refractivity contribution < 1.29 is 32.2 Å². The largest absolute Gasteiger partial charge is 0.493 e. The van der Waals surface area contributed by atoms with Crippen LogP contribution in [0.3, 0.4) is 0 Å². The highest BCUT2D eigenvalue weighted by Crippen LogP contribution is 2.34. The lowest BCUT2D eigenvalue weighted by Gasteiger charge is -2.25. The van der Waals surface area contributed by atoms with Gasteiger partial charge in [-0.3, -0.25) is 9.10 Å². The molecule has 12 heteroatoms. The maximum Gasteiger partial charge on any atom is 0.340 e. The smallest absolute Gasteiger partial charge is 0.340 e. The number of nitrogens with one attached hydrogen (secondary N) is 1. The van der Waals surface area contributed by atoms with Crippen LogP contribution < -0.4 is 19.1 Å². The molecule has 0 bridgehead atoms. The van der Waals surface area contributed by atoms with E-state index in [1.54, 1.807) is 12.1 Å². The van der Waals surface area contributed by atoms with E-state index < -0.39 is 28.4 Å². The first-order valence-electron chi connectivity index (χ1n) is 10.7. The summed E-state index contributed by atoms with van der Waals surface area (Å²) >= 11 is 12.3. The highest BCUT2D eigenvalue weighted by atomic mass is 35.5. The molecule has 0 aliphatic rings. The molecule has 37 heavy (non-hydrogen) atoms. The number of benzene rings is 3. The SMILES string of the molecule is COC(=O)c1cc(OC)c(OC)cc1NC(=O)CN(c1cc(Cl)cc(Cl)c1)S(=O)(=O)c1ccc(C)cc1. The summed E-state index contributed by atoms with van der Waals surface area (Å²) in [5.41, 5.74) is 0.949. The standard InChI is InChI=1S/C25H24Cl2N2O7S/c1-15-5-7-19(8-6-15)37(32,33)29(18-10-16(26)9-17(27)11-18)14-24(30)28-21-13-23(35-3)22(34-2)12-20(21)25(31)36-4/h5-13H,14H2,1-4H3,(H,28,30). The summed E-state index contributed by atoms with van der Waals surface area (Å²) in [4.78, 5) is 25.5. The third kappa shape index (κ3) is 6.46. The molecule has 0 saturated heterocycles. The Balaban J connectivity index is 2.05. The molecule has 0 unspecified atom stereocenters. The van der Waals surface area contributed by atoms with Crippen LogP contribution in [-0.2, 0) is 19.6 Å². The van der Waals surface area contributed by atoms with Crippen LogP contribution in [0.25, 0.3) is 0 Å². The van der Waals surface area contributed by atoms with Crippen LogP contribution in [0.2, 0.25) is 10.0 Å². The van der Waals surface area contributed by atoms with Crippen LogP contribution in [0.4, 0.5) is 11.4 Å². The number of carbonyl (C=O) groups is 2. The Labute approximate surface area is 224 Å². The highest BCUT2D eigenvalue weighted by Gasteiger charge is 2.29. The number of hydrogen-bond acceptors (Lipinski definition) is 7. The average molecular weight is 567 g/mol. The Morgan fingerprint density at radius 2 is 1.46 bits per heavy atom. The highest BCUT2D eigenvalue weighted by molar-refractivity contribution is 7.92. The lowest BCUT2D eigenvalue weighted by atomic mass is 10.1. The maximum absolute atomic E-state index is 13.6.